The SMILES string of the molecule is C[C@@H](O)Oc1ccccc1. The quantitative estimate of drug-likeness (QED) is 0.626. The first-order chi connectivity index (χ1) is 4.79. The number of benzene rings is 1. The fraction of sp³-hybridized carbons (Fsp3) is 0.250. The van der Waals surface area contributed by atoms with Crippen LogP contribution < -0.4 is 4.74 Å². The Bertz CT molecular complexity index is 182. The van der Waals surface area contributed by atoms with E-state index in [0.29, 0.717) is 5.75 Å². The lowest BCUT2D eigenvalue weighted by atomic mass is 10.3. The van der Waals surface area contributed by atoms with Crippen molar-refractivity contribution in [3.8, 4) is 5.75 Å². The second-order valence-electron chi connectivity index (χ2n) is 2.03. The number of hydrogen-bond donors (Lipinski definition) is 1. The van der Waals surface area contributed by atoms with E-state index in [4.69, 9.17) is 9.84 Å². The van der Waals surface area contributed by atoms with Crippen LogP contribution in [0.1, 0.15) is 6.92 Å². The van der Waals surface area contributed by atoms with Crippen LogP contribution in [0.15, 0.2) is 30.3 Å². The average Bonchev–Trinajstić information content (AvgIpc) is 1.88. The summed E-state index contributed by atoms with van der Waals surface area (Å²) in [6.07, 6.45) is -0.734. The molecule has 10 heavy (non-hydrogen) atoms. The zero-order chi connectivity index (χ0) is 7.40. The highest BCUT2D eigenvalue weighted by Gasteiger charge is 1.94. The van der Waals surface area contributed by atoms with E-state index in [1.807, 2.05) is 18.2 Å². The molecule has 2 heteroatoms. The third-order valence-electron chi connectivity index (χ3n) is 1.05. The van der Waals surface area contributed by atoms with E-state index in [2.05, 4.69) is 0 Å². The number of rotatable bonds is 2. The highest BCUT2D eigenvalue weighted by atomic mass is 16.6. The Kier molecular flexibility index (Phi) is 2.29. The molecule has 54 valence electrons. The highest BCUT2D eigenvalue weighted by Crippen LogP contribution is 2.08. The van der Waals surface area contributed by atoms with Gasteiger partial charge >= 0.3 is 0 Å². The molecule has 0 bridgehead atoms. The Labute approximate surface area is 60.1 Å². The van der Waals surface area contributed by atoms with Crippen molar-refractivity contribution in [1.29, 1.82) is 0 Å². The summed E-state index contributed by atoms with van der Waals surface area (Å²) in [6, 6.07) is 9.21. The first kappa shape index (κ1) is 7.09. The molecule has 2 nitrogen and oxygen atoms in total. The largest absolute Gasteiger partial charge is 0.465 e. The summed E-state index contributed by atoms with van der Waals surface area (Å²) in [5, 5.41) is 8.78. The fourth-order valence-electron chi connectivity index (χ4n) is 0.696. The molecular formula is C8H10O2. The lowest BCUT2D eigenvalue weighted by Gasteiger charge is -2.06. The van der Waals surface area contributed by atoms with Gasteiger partial charge in [-0.05, 0) is 19.1 Å². The van der Waals surface area contributed by atoms with Gasteiger partial charge in [0.1, 0.15) is 5.75 Å². The van der Waals surface area contributed by atoms with Crippen molar-refractivity contribution in [2.75, 3.05) is 0 Å². The van der Waals surface area contributed by atoms with Gasteiger partial charge in [0.25, 0.3) is 0 Å². The minimum atomic E-state index is -0.734. The summed E-state index contributed by atoms with van der Waals surface area (Å²) in [6.45, 7) is 1.58. The molecule has 0 aliphatic heterocycles. The summed E-state index contributed by atoms with van der Waals surface area (Å²) in [7, 11) is 0. The molecule has 0 spiro atoms. The Balaban J connectivity index is 2.59. The van der Waals surface area contributed by atoms with Gasteiger partial charge in [0.15, 0.2) is 6.29 Å². The number of hydrogen-bond acceptors (Lipinski definition) is 2. The van der Waals surface area contributed by atoms with E-state index in [-0.39, 0.29) is 0 Å². The van der Waals surface area contributed by atoms with Crippen molar-refractivity contribution in [3.63, 3.8) is 0 Å². The van der Waals surface area contributed by atoms with Gasteiger partial charge in [0, 0.05) is 0 Å². The van der Waals surface area contributed by atoms with Gasteiger partial charge in [0.05, 0.1) is 0 Å². The second-order valence-corrected chi connectivity index (χ2v) is 2.03. The first-order valence-corrected chi connectivity index (χ1v) is 3.19. The Morgan fingerprint density at radius 3 is 2.40 bits per heavy atom. The molecule has 0 fully saturated rings. The van der Waals surface area contributed by atoms with Crippen LogP contribution in [0.25, 0.3) is 0 Å². The van der Waals surface area contributed by atoms with E-state index in [0.717, 1.165) is 0 Å². The van der Waals surface area contributed by atoms with Crippen molar-refractivity contribution in [3.05, 3.63) is 30.3 Å². The molecule has 1 N–H and O–H groups in total. The van der Waals surface area contributed by atoms with E-state index < -0.39 is 6.29 Å². The number of para-hydroxylation sites is 1. The van der Waals surface area contributed by atoms with Crippen LogP contribution in [0.5, 0.6) is 5.75 Å². The maximum atomic E-state index is 8.78. The summed E-state index contributed by atoms with van der Waals surface area (Å²) >= 11 is 0. The lowest BCUT2D eigenvalue weighted by Crippen LogP contribution is -2.08. The monoisotopic (exact) mass is 138 g/mol. The lowest BCUT2D eigenvalue weighted by molar-refractivity contribution is -0.000286. The molecule has 0 radical (unpaired) electrons. The zero-order valence-electron chi connectivity index (χ0n) is 5.82. The van der Waals surface area contributed by atoms with Gasteiger partial charge in [0.2, 0.25) is 0 Å². The molecule has 0 aliphatic rings. The number of aliphatic hydroxyl groups is 1. The maximum absolute atomic E-state index is 8.78. The topological polar surface area (TPSA) is 29.5 Å². The summed E-state index contributed by atoms with van der Waals surface area (Å²) in [5.74, 6) is 0.692. The Hall–Kier alpha value is -1.02. The number of ether oxygens (including phenoxy) is 1. The standard InChI is InChI=1S/C8H10O2/c1-7(9)10-8-5-3-2-4-6-8/h2-7,9H,1H3/t7-/m0/s1. The molecule has 0 aromatic heterocycles. The van der Waals surface area contributed by atoms with Crippen LogP contribution in [0, 0.1) is 0 Å². The zero-order valence-corrected chi connectivity index (χ0v) is 5.82. The van der Waals surface area contributed by atoms with Gasteiger partial charge in [-0.1, -0.05) is 18.2 Å². The van der Waals surface area contributed by atoms with Crippen molar-refractivity contribution >= 4 is 0 Å². The van der Waals surface area contributed by atoms with E-state index >= 15 is 0 Å². The third kappa shape index (κ3) is 2.07. The summed E-state index contributed by atoms with van der Waals surface area (Å²) in [4.78, 5) is 0. The van der Waals surface area contributed by atoms with Crippen molar-refractivity contribution < 1.29 is 9.84 Å². The van der Waals surface area contributed by atoms with E-state index in [9.17, 15) is 0 Å². The van der Waals surface area contributed by atoms with Gasteiger partial charge in [-0.15, -0.1) is 0 Å². The molecule has 1 aromatic carbocycles. The normalized spacial score (nSPS) is 12.6. The minimum absolute atomic E-state index is 0.692. The van der Waals surface area contributed by atoms with Gasteiger partial charge < -0.3 is 9.84 Å². The molecule has 0 unspecified atom stereocenters. The van der Waals surface area contributed by atoms with E-state index in [1.54, 1.807) is 19.1 Å². The van der Waals surface area contributed by atoms with Crippen LogP contribution >= 0.6 is 0 Å². The van der Waals surface area contributed by atoms with Gasteiger partial charge in [-0.2, -0.15) is 0 Å². The molecule has 1 rings (SSSR count). The van der Waals surface area contributed by atoms with Crippen molar-refractivity contribution in [2.24, 2.45) is 0 Å². The smallest absolute Gasteiger partial charge is 0.194 e. The van der Waals surface area contributed by atoms with E-state index in [1.165, 1.54) is 0 Å². The summed E-state index contributed by atoms with van der Waals surface area (Å²) < 4.78 is 4.97. The van der Waals surface area contributed by atoms with Crippen molar-refractivity contribution in [1.82, 2.24) is 0 Å². The average molecular weight is 138 g/mol. The molecular weight excluding hydrogens is 128 g/mol. The minimum Gasteiger partial charge on any atom is -0.465 e. The second kappa shape index (κ2) is 3.22. The van der Waals surface area contributed by atoms with Crippen LogP contribution in [-0.4, -0.2) is 11.4 Å². The maximum Gasteiger partial charge on any atom is 0.194 e. The van der Waals surface area contributed by atoms with Gasteiger partial charge in [-0.3, -0.25) is 0 Å². The fourth-order valence-corrected chi connectivity index (χ4v) is 0.696. The number of aliphatic hydroxyl groups excluding tert-OH is 1. The first-order valence-electron chi connectivity index (χ1n) is 3.19. The van der Waals surface area contributed by atoms with Crippen LogP contribution in [0.3, 0.4) is 0 Å². The predicted octanol–water partition coefficient (Wildman–Crippen LogP) is 1.40. The summed E-state index contributed by atoms with van der Waals surface area (Å²) in [5.41, 5.74) is 0. The molecule has 0 saturated carbocycles. The Morgan fingerprint density at radius 1 is 1.30 bits per heavy atom. The molecule has 1 aromatic rings. The van der Waals surface area contributed by atoms with Crippen LogP contribution in [0.2, 0.25) is 0 Å². The van der Waals surface area contributed by atoms with Gasteiger partial charge in [-0.25, -0.2) is 0 Å². The molecule has 0 amide bonds. The third-order valence-corrected chi connectivity index (χ3v) is 1.05. The van der Waals surface area contributed by atoms with Crippen LogP contribution in [0.4, 0.5) is 0 Å². The Morgan fingerprint density at radius 2 is 1.90 bits per heavy atom. The molecule has 1 atom stereocenters. The predicted molar refractivity (Wildman–Crippen MR) is 38.8 cm³/mol. The van der Waals surface area contributed by atoms with Crippen LogP contribution in [-0.2, 0) is 0 Å². The molecule has 0 heterocycles. The molecule has 0 saturated heterocycles. The molecule has 0 aliphatic carbocycles. The van der Waals surface area contributed by atoms with Crippen molar-refractivity contribution in [2.45, 2.75) is 13.2 Å². The highest BCUT2D eigenvalue weighted by molar-refractivity contribution is 5.20.